The molecule has 9 heteroatoms. The average Bonchev–Trinajstić information content (AvgIpc) is 2.73. The molecule has 0 fully saturated rings. The minimum absolute atomic E-state index is 0.0633. The molecule has 1 unspecified atom stereocenters. The zero-order valence-corrected chi connectivity index (χ0v) is 19.2. The number of ether oxygens (including phenoxy) is 1. The van der Waals surface area contributed by atoms with Gasteiger partial charge in [-0.2, -0.15) is 4.72 Å². The number of sulfonamides is 1. The largest absolute Gasteiger partial charge is 0.478 e. The smallest absolute Gasteiger partial charge is 0.335 e. The molecule has 0 saturated heterocycles. The van der Waals surface area contributed by atoms with Crippen molar-refractivity contribution in [3.05, 3.63) is 48.0 Å². The van der Waals surface area contributed by atoms with Crippen molar-refractivity contribution in [2.75, 3.05) is 26.0 Å². The summed E-state index contributed by atoms with van der Waals surface area (Å²) in [5.41, 5.74) is 0.174. The topological polar surface area (TPSA) is 108 Å². The third kappa shape index (κ3) is 6.68. The Morgan fingerprint density at radius 1 is 1.16 bits per heavy atom. The Bertz CT molecular complexity index is 978. The predicted octanol–water partition coefficient (Wildman–Crippen LogP) is 3.97. The van der Waals surface area contributed by atoms with Gasteiger partial charge in [0, 0.05) is 6.54 Å². The van der Waals surface area contributed by atoms with Gasteiger partial charge < -0.3 is 15.2 Å². The number of unbranched alkanes of at least 4 members (excludes halogenated alkanes) is 1. The number of carboxylic acid groups (broad SMARTS) is 1. The highest BCUT2D eigenvalue weighted by Gasteiger charge is 2.28. The Hall–Kier alpha value is -2.62. The summed E-state index contributed by atoms with van der Waals surface area (Å²) in [6.45, 7) is 4.44. The van der Waals surface area contributed by atoms with Crippen molar-refractivity contribution in [3.63, 3.8) is 0 Å². The van der Waals surface area contributed by atoms with Gasteiger partial charge in [-0.15, -0.1) is 0 Å². The molecule has 0 aliphatic carbocycles. The lowest BCUT2D eigenvalue weighted by Gasteiger charge is -2.25. The predicted molar refractivity (Wildman–Crippen MR) is 121 cm³/mol. The molecule has 8 nitrogen and oxygen atoms in total. The van der Waals surface area contributed by atoms with E-state index in [1.165, 1.54) is 6.07 Å². The van der Waals surface area contributed by atoms with Crippen LogP contribution >= 0.6 is 0 Å². The Balaban J connectivity index is 2.65. The number of rotatable bonds is 12. The van der Waals surface area contributed by atoms with Crippen molar-refractivity contribution in [1.29, 1.82) is 0 Å². The van der Waals surface area contributed by atoms with Gasteiger partial charge in [-0.05, 0) is 51.2 Å². The van der Waals surface area contributed by atoms with Crippen LogP contribution in [0.4, 0.5) is 5.69 Å². The summed E-state index contributed by atoms with van der Waals surface area (Å²) < 4.78 is 35.3. The third-order valence-electron chi connectivity index (χ3n) is 4.70. The van der Waals surface area contributed by atoms with Gasteiger partial charge in [-0.25, -0.2) is 13.2 Å². The summed E-state index contributed by atoms with van der Waals surface area (Å²) >= 11 is 0. The molecule has 0 saturated carbocycles. The minimum Gasteiger partial charge on any atom is -0.478 e. The maximum atomic E-state index is 13.3. The number of nitrogens with one attached hydrogen (secondary N) is 2. The Labute approximate surface area is 184 Å². The van der Waals surface area contributed by atoms with E-state index in [4.69, 9.17) is 4.74 Å². The van der Waals surface area contributed by atoms with E-state index in [0.717, 1.165) is 18.9 Å². The van der Waals surface area contributed by atoms with Gasteiger partial charge in [0.15, 0.2) is 5.75 Å². The van der Waals surface area contributed by atoms with Crippen LogP contribution in [-0.4, -0.2) is 51.2 Å². The molecule has 0 spiro atoms. The Morgan fingerprint density at radius 2 is 1.84 bits per heavy atom. The zero-order chi connectivity index (χ0) is 23.0. The van der Waals surface area contributed by atoms with Crippen LogP contribution in [-0.2, 0) is 10.0 Å². The van der Waals surface area contributed by atoms with Gasteiger partial charge in [-0.3, -0.25) is 4.90 Å². The molecule has 0 radical (unpaired) electrons. The molecule has 2 rings (SSSR count). The van der Waals surface area contributed by atoms with Crippen molar-refractivity contribution in [2.45, 2.75) is 44.2 Å². The van der Waals surface area contributed by atoms with E-state index in [0.29, 0.717) is 24.4 Å². The second-order valence-electron chi connectivity index (χ2n) is 7.36. The van der Waals surface area contributed by atoms with E-state index >= 15 is 0 Å². The lowest BCUT2D eigenvalue weighted by atomic mass is 10.1. The first-order valence-corrected chi connectivity index (χ1v) is 11.7. The highest BCUT2D eigenvalue weighted by molar-refractivity contribution is 7.89. The normalized spacial score (nSPS) is 12.5. The zero-order valence-electron chi connectivity index (χ0n) is 18.4. The molecular formula is C22H31N3O5S. The van der Waals surface area contributed by atoms with Gasteiger partial charge in [0.25, 0.3) is 0 Å². The number of nitrogens with zero attached hydrogens (tertiary/aromatic N) is 1. The summed E-state index contributed by atoms with van der Waals surface area (Å²) in [6, 6.07) is 11.3. The summed E-state index contributed by atoms with van der Waals surface area (Å²) in [5, 5.41) is 12.7. The molecule has 0 aromatic heterocycles. The van der Waals surface area contributed by atoms with Crippen LogP contribution in [0.5, 0.6) is 11.5 Å². The Kier molecular flexibility index (Phi) is 8.85. The first-order valence-electron chi connectivity index (χ1n) is 10.3. The van der Waals surface area contributed by atoms with E-state index < -0.39 is 22.2 Å². The summed E-state index contributed by atoms with van der Waals surface area (Å²) in [6.07, 6.45) is 1.83. The minimum atomic E-state index is -4.10. The first kappa shape index (κ1) is 24.6. The molecule has 2 aromatic rings. The highest BCUT2D eigenvalue weighted by atomic mass is 32.2. The van der Waals surface area contributed by atoms with Crippen molar-refractivity contribution >= 4 is 21.7 Å². The maximum Gasteiger partial charge on any atom is 0.335 e. The molecule has 0 heterocycles. The standard InChI is InChI=1S/C22H31N3O5S/c1-5-7-13-23-18-14-16(22(26)27)15-19(21(18)30-17-11-9-8-10-12-17)31(28,29)24-20(6-2)25(3)4/h8-12,14-15,20,23-24H,5-7,13H2,1-4H3,(H,26,27). The van der Waals surface area contributed by atoms with Gasteiger partial charge in [0.2, 0.25) is 10.0 Å². The second kappa shape index (κ2) is 11.1. The van der Waals surface area contributed by atoms with Crippen LogP contribution in [0, 0.1) is 0 Å². The van der Waals surface area contributed by atoms with Gasteiger partial charge in [0.1, 0.15) is 10.6 Å². The number of hydrogen-bond acceptors (Lipinski definition) is 6. The van der Waals surface area contributed by atoms with E-state index in [1.807, 2.05) is 19.9 Å². The summed E-state index contributed by atoms with van der Waals surface area (Å²) in [7, 11) is -0.562. The Morgan fingerprint density at radius 3 is 2.39 bits per heavy atom. The second-order valence-corrected chi connectivity index (χ2v) is 9.04. The van der Waals surface area contributed by atoms with Crippen molar-refractivity contribution in [1.82, 2.24) is 9.62 Å². The van der Waals surface area contributed by atoms with E-state index in [2.05, 4.69) is 10.0 Å². The van der Waals surface area contributed by atoms with Crippen LogP contribution in [0.2, 0.25) is 0 Å². The average molecular weight is 450 g/mol. The van der Waals surface area contributed by atoms with Crippen molar-refractivity contribution < 1.29 is 23.1 Å². The van der Waals surface area contributed by atoms with E-state index in [9.17, 15) is 18.3 Å². The van der Waals surface area contributed by atoms with Crippen LogP contribution in [0.1, 0.15) is 43.5 Å². The fraction of sp³-hybridized carbons (Fsp3) is 0.409. The fourth-order valence-electron chi connectivity index (χ4n) is 2.96. The number of anilines is 1. The number of benzene rings is 2. The summed E-state index contributed by atoms with van der Waals surface area (Å²) in [5.74, 6) is -0.713. The van der Waals surface area contributed by atoms with E-state index in [-0.39, 0.29) is 16.2 Å². The van der Waals surface area contributed by atoms with E-state index in [1.54, 1.807) is 43.3 Å². The summed E-state index contributed by atoms with van der Waals surface area (Å²) in [4.78, 5) is 13.2. The number of aromatic carboxylic acids is 1. The maximum absolute atomic E-state index is 13.3. The lowest BCUT2D eigenvalue weighted by Crippen LogP contribution is -2.44. The SMILES string of the molecule is CCCCNc1cc(C(=O)O)cc(S(=O)(=O)NC(CC)N(C)C)c1Oc1ccccc1. The molecule has 3 N–H and O–H groups in total. The number of carboxylic acids is 1. The van der Waals surface area contributed by atoms with Gasteiger partial charge >= 0.3 is 5.97 Å². The van der Waals surface area contributed by atoms with Crippen LogP contribution in [0.15, 0.2) is 47.4 Å². The van der Waals surface area contributed by atoms with Crippen molar-refractivity contribution in [2.24, 2.45) is 0 Å². The molecule has 1 atom stereocenters. The number of carbonyl (C=O) groups is 1. The lowest BCUT2D eigenvalue weighted by molar-refractivity contribution is 0.0696. The van der Waals surface area contributed by atoms with Crippen LogP contribution in [0.25, 0.3) is 0 Å². The molecular weight excluding hydrogens is 418 g/mol. The monoisotopic (exact) mass is 449 g/mol. The van der Waals surface area contributed by atoms with Gasteiger partial charge in [0.05, 0.1) is 17.4 Å². The molecule has 0 aliphatic rings. The third-order valence-corrected chi connectivity index (χ3v) is 6.17. The molecule has 0 bridgehead atoms. The van der Waals surface area contributed by atoms with Crippen LogP contribution < -0.4 is 14.8 Å². The van der Waals surface area contributed by atoms with Crippen LogP contribution in [0.3, 0.4) is 0 Å². The molecule has 0 amide bonds. The number of para-hydroxylation sites is 1. The molecule has 170 valence electrons. The highest BCUT2D eigenvalue weighted by Crippen LogP contribution is 2.38. The number of hydrogen-bond donors (Lipinski definition) is 3. The first-order chi connectivity index (χ1) is 14.7. The van der Waals surface area contributed by atoms with Crippen molar-refractivity contribution in [3.8, 4) is 11.5 Å². The fourth-order valence-corrected chi connectivity index (χ4v) is 4.51. The quantitative estimate of drug-likeness (QED) is 0.332. The molecule has 31 heavy (non-hydrogen) atoms. The van der Waals surface area contributed by atoms with Gasteiger partial charge in [-0.1, -0.05) is 38.5 Å². The molecule has 0 aliphatic heterocycles. The molecule has 2 aromatic carbocycles.